The molecule has 1 saturated heterocycles. The molecule has 0 aromatic carbocycles. The lowest BCUT2D eigenvalue weighted by Crippen LogP contribution is -2.60. The van der Waals surface area contributed by atoms with Gasteiger partial charge in [0.25, 0.3) is 0 Å². The Balaban J connectivity index is 2.18. The number of aliphatic hydroxyl groups is 5. The summed E-state index contributed by atoms with van der Waals surface area (Å²) in [5.74, 6) is -0.193. The summed E-state index contributed by atoms with van der Waals surface area (Å²) < 4.78 is 11.3. The third-order valence-electron chi connectivity index (χ3n) is 15.6. The molecular weight excluding hydrogens is 1020 g/mol. The number of carbonyl (C=O) groups excluding carboxylic acids is 1. The second-order valence-corrected chi connectivity index (χ2v) is 23.2. The zero-order valence-corrected chi connectivity index (χ0v) is 52.7. The fraction of sp³-hybridized carbons (Fsp3) is 0.740. The summed E-state index contributed by atoms with van der Waals surface area (Å²) in [7, 11) is 0. The average Bonchev–Trinajstić information content (AvgIpc) is 3.57. The van der Waals surface area contributed by atoms with E-state index in [0.29, 0.717) is 6.42 Å². The van der Waals surface area contributed by atoms with Gasteiger partial charge < -0.3 is 40.3 Å². The largest absolute Gasteiger partial charge is 0.394 e. The summed E-state index contributed by atoms with van der Waals surface area (Å²) in [6.07, 6.45) is 83.3. The molecule has 82 heavy (non-hydrogen) atoms. The molecule has 7 atom stereocenters. The standard InChI is InChI=1S/C73H127NO8/c1-3-5-7-9-11-13-15-17-19-21-23-25-27-29-31-32-33-34-35-36-37-39-41-43-45-47-49-51-53-55-57-59-61-63-69(77)74-66(65-81-73-72(80)71(79)70(78)68(64-75)82-73)67(76)62-60-58-56-54-52-50-48-46-44-42-40-38-30-28-26-24-22-20-18-16-14-12-10-8-6-4-2/h5,7,11,13,17,19,23,25,29,31,33-34,44,46,52,54,60,62,66-68,70-73,75-76,78-80H,3-4,6,8-10,12,14-16,18,20-22,24,26-28,30,32,35-43,45,47-51,53,55-59,61,63-65H2,1-2H3,(H,74,77)/b7-5-,13-11-,19-17-,25-23-,31-29-,34-33-,46-44+,54-52+,62-60+. The van der Waals surface area contributed by atoms with E-state index in [-0.39, 0.29) is 12.5 Å². The van der Waals surface area contributed by atoms with Gasteiger partial charge in [0.05, 0.1) is 25.4 Å². The fourth-order valence-electron chi connectivity index (χ4n) is 10.3. The molecule has 0 spiro atoms. The Bertz CT molecular complexity index is 1660. The van der Waals surface area contributed by atoms with Crippen molar-refractivity contribution in [3.8, 4) is 0 Å². The molecule has 9 heteroatoms. The molecule has 1 fully saturated rings. The minimum Gasteiger partial charge on any atom is -0.394 e. The van der Waals surface area contributed by atoms with Crippen molar-refractivity contribution in [2.24, 2.45) is 0 Å². The number of hydrogen-bond acceptors (Lipinski definition) is 8. The van der Waals surface area contributed by atoms with Crippen LogP contribution in [0.15, 0.2) is 109 Å². The van der Waals surface area contributed by atoms with E-state index < -0.39 is 49.5 Å². The molecule has 1 rings (SSSR count). The predicted octanol–water partition coefficient (Wildman–Crippen LogP) is 18.5. The van der Waals surface area contributed by atoms with E-state index >= 15 is 0 Å². The van der Waals surface area contributed by atoms with Crippen molar-refractivity contribution in [3.05, 3.63) is 109 Å². The highest BCUT2D eigenvalue weighted by atomic mass is 16.7. The van der Waals surface area contributed by atoms with Gasteiger partial charge >= 0.3 is 0 Å². The minimum absolute atomic E-state index is 0.193. The van der Waals surface area contributed by atoms with Crippen LogP contribution in [0.3, 0.4) is 0 Å². The monoisotopic (exact) mass is 1150 g/mol. The van der Waals surface area contributed by atoms with Crippen LogP contribution in [-0.2, 0) is 14.3 Å². The lowest BCUT2D eigenvalue weighted by Gasteiger charge is -2.40. The number of amides is 1. The molecule has 7 unspecified atom stereocenters. The predicted molar refractivity (Wildman–Crippen MR) is 350 cm³/mol. The van der Waals surface area contributed by atoms with E-state index in [1.807, 2.05) is 6.08 Å². The quantitative estimate of drug-likeness (QED) is 0.0261. The molecule has 0 aliphatic carbocycles. The molecule has 0 aromatic rings. The van der Waals surface area contributed by atoms with Gasteiger partial charge in [-0.05, 0) is 96.3 Å². The number of unbranched alkanes of at least 4 members (excludes halogenated alkanes) is 32. The van der Waals surface area contributed by atoms with E-state index in [9.17, 15) is 30.3 Å². The van der Waals surface area contributed by atoms with E-state index in [2.05, 4.69) is 116 Å². The minimum atomic E-state index is -1.58. The highest BCUT2D eigenvalue weighted by Gasteiger charge is 2.44. The van der Waals surface area contributed by atoms with Gasteiger partial charge in [-0.3, -0.25) is 4.79 Å². The number of carbonyl (C=O) groups is 1. The van der Waals surface area contributed by atoms with Crippen LogP contribution >= 0.6 is 0 Å². The first-order valence-electron chi connectivity index (χ1n) is 34.1. The zero-order valence-electron chi connectivity index (χ0n) is 52.7. The van der Waals surface area contributed by atoms with Crippen molar-refractivity contribution in [2.45, 2.75) is 333 Å². The Kier molecular flexibility index (Phi) is 57.1. The lowest BCUT2D eigenvalue weighted by molar-refractivity contribution is -0.302. The van der Waals surface area contributed by atoms with Gasteiger partial charge in [0.15, 0.2) is 6.29 Å². The lowest BCUT2D eigenvalue weighted by atomic mass is 9.99. The van der Waals surface area contributed by atoms with Crippen LogP contribution in [-0.4, -0.2) is 87.5 Å². The number of aliphatic hydroxyl groups excluding tert-OH is 5. The van der Waals surface area contributed by atoms with Crippen molar-refractivity contribution in [3.63, 3.8) is 0 Å². The number of ether oxygens (including phenoxy) is 2. The average molecular weight is 1150 g/mol. The molecule has 472 valence electrons. The van der Waals surface area contributed by atoms with Crippen LogP contribution < -0.4 is 5.32 Å². The Morgan fingerprint density at radius 1 is 0.427 bits per heavy atom. The molecule has 1 aliphatic heterocycles. The zero-order chi connectivity index (χ0) is 59.3. The van der Waals surface area contributed by atoms with Gasteiger partial charge in [0, 0.05) is 6.42 Å². The van der Waals surface area contributed by atoms with Crippen LogP contribution in [0.5, 0.6) is 0 Å². The van der Waals surface area contributed by atoms with Crippen LogP contribution in [0.4, 0.5) is 0 Å². The van der Waals surface area contributed by atoms with E-state index in [0.717, 1.165) is 83.5 Å². The highest BCUT2D eigenvalue weighted by Crippen LogP contribution is 2.23. The number of rotatable bonds is 58. The molecule has 1 aliphatic rings. The third kappa shape index (κ3) is 49.1. The summed E-state index contributed by atoms with van der Waals surface area (Å²) in [6, 6.07) is -0.836. The van der Waals surface area contributed by atoms with Gasteiger partial charge in [-0.2, -0.15) is 0 Å². The van der Waals surface area contributed by atoms with Crippen molar-refractivity contribution in [1.29, 1.82) is 0 Å². The van der Waals surface area contributed by atoms with E-state index in [1.54, 1.807) is 6.08 Å². The highest BCUT2D eigenvalue weighted by molar-refractivity contribution is 5.76. The Morgan fingerprint density at radius 2 is 0.768 bits per heavy atom. The van der Waals surface area contributed by atoms with E-state index in [1.165, 1.54) is 186 Å². The molecular formula is C73H127NO8. The maximum absolute atomic E-state index is 13.1. The van der Waals surface area contributed by atoms with Gasteiger partial charge in [0.2, 0.25) is 5.91 Å². The van der Waals surface area contributed by atoms with Crippen LogP contribution in [0.2, 0.25) is 0 Å². The van der Waals surface area contributed by atoms with Crippen molar-refractivity contribution < 1.29 is 39.8 Å². The first-order valence-corrected chi connectivity index (χ1v) is 34.1. The third-order valence-corrected chi connectivity index (χ3v) is 15.6. The topological polar surface area (TPSA) is 149 Å². The fourth-order valence-corrected chi connectivity index (χ4v) is 10.3. The molecule has 0 aromatic heterocycles. The van der Waals surface area contributed by atoms with E-state index in [4.69, 9.17) is 9.47 Å². The van der Waals surface area contributed by atoms with Gasteiger partial charge in [-0.25, -0.2) is 0 Å². The van der Waals surface area contributed by atoms with Gasteiger partial charge in [-0.1, -0.05) is 297 Å². The first kappa shape index (κ1) is 76.9. The summed E-state index contributed by atoms with van der Waals surface area (Å²) in [5, 5.41) is 54.7. The molecule has 1 amide bonds. The molecule has 0 radical (unpaired) electrons. The summed E-state index contributed by atoms with van der Waals surface area (Å²) in [5.41, 5.74) is 0. The summed E-state index contributed by atoms with van der Waals surface area (Å²) >= 11 is 0. The smallest absolute Gasteiger partial charge is 0.220 e. The maximum atomic E-state index is 13.1. The molecule has 1 heterocycles. The first-order chi connectivity index (χ1) is 40.3. The number of allylic oxidation sites excluding steroid dienone is 17. The Hall–Kier alpha value is -3.15. The molecule has 6 N–H and O–H groups in total. The second kappa shape index (κ2) is 61.0. The van der Waals surface area contributed by atoms with Crippen molar-refractivity contribution in [1.82, 2.24) is 5.32 Å². The van der Waals surface area contributed by atoms with Gasteiger partial charge in [-0.15, -0.1) is 0 Å². The molecule has 0 bridgehead atoms. The van der Waals surface area contributed by atoms with Gasteiger partial charge in [0.1, 0.15) is 24.4 Å². The summed E-state index contributed by atoms with van der Waals surface area (Å²) in [4.78, 5) is 13.1. The second-order valence-electron chi connectivity index (χ2n) is 23.2. The normalized spacial score (nSPS) is 19.0. The van der Waals surface area contributed by atoms with Crippen molar-refractivity contribution >= 4 is 5.91 Å². The number of nitrogens with one attached hydrogen (secondary N) is 1. The SMILES string of the molecule is CC/C=C\C/C=C\C/C=C\C/C=C\C/C=C\C/C=C\CCCCCCCCCCCCCCCCC(=O)NC(COC1OC(CO)C(O)C(O)C1O)C(O)/C=C/CC/C=C/CC/C=C/CCCCCCCCCCCCCCCCCC. The van der Waals surface area contributed by atoms with Crippen molar-refractivity contribution in [2.75, 3.05) is 13.2 Å². The van der Waals surface area contributed by atoms with Crippen LogP contribution in [0.1, 0.15) is 290 Å². The molecule has 9 nitrogen and oxygen atoms in total. The molecule has 0 saturated carbocycles. The summed E-state index contributed by atoms with van der Waals surface area (Å²) in [6.45, 7) is 3.67. The van der Waals surface area contributed by atoms with Crippen LogP contribution in [0, 0.1) is 0 Å². The maximum Gasteiger partial charge on any atom is 0.220 e. The van der Waals surface area contributed by atoms with Crippen LogP contribution in [0.25, 0.3) is 0 Å². The Morgan fingerprint density at radius 3 is 1.17 bits per heavy atom. The Labute approximate surface area is 504 Å². The number of hydrogen-bond donors (Lipinski definition) is 6.